The van der Waals surface area contributed by atoms with Crippen LogP contribution in [0, 0.1) is 0 Å². The van der Waals surface area contributed by atoms with Crippen LogP contribution in [0.3, 0.4) is 0 Å². The molecule has 1 atom stereocenters. The van der Waals surface area contributed by atoms with Crippen molar-refractivity contribution in [1.82, 2.24) is 25.4 Å². The largest absolute Gasteiger partial charge is 0.332 e. The molecular weight excluding hydrogens is 368 g/mol. The Kier molecular flexibility index (Phi) is 5.76. The van der Waals surface area contributed by atoms with Gasteiger partial charge in [-0.15, -0.1) is 10.2 Å². The second-order valence-corrected chi connectivity index (χ2v) is 8.22. The van der Waals surface area contributed by atoms with Crippen LogP contribution < -0.4 is 15.8 Å². The summed E-state index contributed by atoms with van der Waals surface area (Å²) >= 11 is 0. The number of amides is 2. The number of aromatic nitrogens is 3. The van der Waals surface area contributed by atoms with Gasteiger partial charge in [0, 0.05) is 13.0 Å². The molecule has 1 aromatic carbocycles. The van der Waals surface area contributed by atoms with Crippen LogP contribution in [0.1, 0.15) is 49.4 Å². The van der Waals surface area contributed by atoms with Gasteiger partial charge >= 0.3 is 6.03 Å². The first-order valence-corrected chi connectivity index (χ1v) is 10.5. The Hall–Kier alpha value is -2.46. The summed E-state index contributed by atoms with van der Waals surface area (Å²) in [5.41, 5.74) is 0.772. The Morgan fingerprint density at radius 3 is 2.67 bits per heavy atom. The number of carbonyl (C=O) groups is 1. The second kappa shape index (κ2) is 8.05. The summed E-state index contributed by atoms with van der Waals surface area (Å²) in [4.78, 5) is 12.2. The van der Waals surface area contributed by atoms with Gasteiger partial charge in [-0.25, -0.2) is 18.4 Å². The summed E-state index contributed by atoms with van der Waals surface area (Å²) in [6, 6.07) is 5.48. The van der Waals surface area contributed by atoms with Gasteiger partial charge in [0.2, 0.25) is 10.0 Å². The van der Waals surface area contributed by atoms with Crippen LogP contribution in [0.25, 0.3) is 0 Å². The maximum atomic E-state index is 12.2. The number of carbonyl (C=O) groups excluding carboxylic acids is 1. The van der Waals surface area contributed by atoms with E-state index in [0.717, 1.165) is 43.0 Å². The van der Waals surface area contributed by atoms with Crippen LogP contribution in [0.15, 0.2) is 29.2 Å². The predicted octanol–water partition coefficient (Wildman–Crippen LogP) is 1.21. The van der Waals surface area contributed by atoms with E-state index in [0.29, 0.717) is 6.54 Å². The van der Waals surface area contributed by atoms with Gasteiger partial charge in [0.1, 0.15) is 5.82 Å². The molecule has 0 spiro atoms. The number of nitrogens with one attached hydrogen (secondary N) is 2. The molecule has 2 aromatic rings. The lowest BCUT2D eigenvalue weighted by atomic mass is 10.1. The predicted molar refractivity (Wildman–Crippen MR) is 99.2 cm³/mol. The smallest absolute Gasteiger partial charge is 0.315 e. The minimum atomic E-state index is -3.73. The molecule has 1 unspecified atom stereocenters. The van der Waals surface area contributed by atoms with Crippen LogP contribution in [-0.4, -0.2) is 29.2 Å². The molecular formula is C17H24N6O3S. The fourth-order valence-corrected chi connectivity index (χ4v) is 3.63. The topological polar surface area (TPSA) is 132 Å². The lowest BCUT2D eigenvalue weighted by Crippen LogP contribution is -2.37. The number of rotatable bonds is 5. The number of urea groups is 1. The molecule has 0 radical (unpaired) electrons. The van der Waals surface area contributed by atoms with Crippen LogP contribution in [-0.2, 0) is 29.5 Å². The van der Waals surface area contributed by atoms with Crippen molar-refractivity contribution in [3.05, 3.63) is 41.5 Å². The highest BCUT2D eigenvalue weighted by Crippen LogP contribution is 2.16. The minimum absolute atomic E-state index is 0.0374. The molecule has 0 saturated carbocycles. The summed E-state index contributed by atoms with van der Waals surface area (Å²) < 4.78 is 24.7. The van der Waals surface area contributed by atoms with E-state index < -0.39 is 10.0 Å². The standard InChI is InChI=1S/C17H24N6O3S/c1-12(13-6-8-14(9-7-13)27(18,25)26)20-17(24)19-11-16-22-21-15-5-3-2-4-10-23(15)16/h6-9,12H,2-5,10-11H2,1H3,(H2,18,25,26)(H2,19,20,24). The monoisotopic (exact) mass is 392 g/mol. The number of benzene rings is 1. The molecule has 10 heteroatoms. The Bertz CT molecular complexity index is 907. The molecule has 0 fully saturated rings. The van der Waals surface area contributed by atoms with E-state index in [-0.39, 0.29) is 17.0 Å². The molecule has 1 aliphatic rings. The Balaban J connectivity index is 1.55. The normalized spacial score (nSPS) is 15.5. The van der Waals surface area contributed by atoms with E-state index in [2.05, 4.69) is 25.4 Å². The van der Waals surface area contributed by atoms with Crippen molar-refractivity contribution >= 4 is 16.1 Å². The van der Waals surface area contributed by atoms with Gasteiger partial charge in [-0.05, 0) is 37.5 Å². The molecule has 146 valence electrons. The maximum absolute atomic E-state index is 12.2. The highest BCUT2D eigenvalue weighted by atomic mass is 32.2. The van der Waals surface area contributed by atoms with Gasteiger partial charge in [0.05, 0.1) is 17.5 Å². The molecule has 0 bridgehead atoms. The Morgan fingerprint density at radius 1 is 1.22 bits per heavy atom. The quantitative estimate of drug-likeness (QED) is 0.704. The van der Waals surface area contributed by atoms with Crippen molar-refractivity contribution in [3.8, 4) is 0 Å². The number of sulfonamides is 1. The number of primary sulfonamides is 1. The van der Waals surface area contributed by atoms with Crippen molar-refractivity contribution in [2.75, 3.05) is 0 Å². The SMILES string of the molecule is CC(NC(=O)NCc1nnc2n1CCCCC2)c1ccc(S(N)(=O)=O)cc1. The Labute approximate surface area is 158 Å². The van der Waals surface area contributed by atoms with Crippen molar-refractivity contribution in [2.45, 2.75) is 56.6 Å². The molecule has 27 heavy (non-hydrogen) atoms. The molecule has 4 N–H and O–H groups in total. The van der Waals surface area contributed by atoms with Gasteiger partial charge in [0.15, 0.2) is 5.82 Å². The number of hydrogen-bond donors (Lipinski definition) is 3. The molecule has 0 aliphatic carbocycles. The number of aryl methyl sites for hydroxylation is 1. The average Bonchev–Trinajstić information content (AvgIpc) is 2.85. The molecule has 9 nitrogen and oxygen atoms in total. The number of nitrogens with zero attached hydrogens (tertiary/aromatic N) is 3. The van der Waals surface area contributed by atoms with Gasteiger partial charge in [-0.1, -0.05) is 18.6 Å². The second-order valence-electron chi connectivity index (χ2n) is 6.66. The molecule has 2 amide bonds. The highest BCUT2D eigenvalue weighted by molar-refractivity contribution is 7.89. The van der Waals surface area contributed by atoms with Crippen LogP contribution in [0.4, 0.5) is 4.79 Å². The first kappa shape index (κ1) is 19.3. The van der Waals surface area contributed by atoms with Crippen molar-refractivity contribution in [3.63, 3.8) is 0 Å². The molecule has 3 rings (SSSR count). The van der Waals surface area contributed by atoms with E-state index in [1.165, 1.54) is 18.6 Å². The first-order valence-electron chi connectivity index (χ1n) is 8.92. The van der Waals surface area contributed by atoms with E-state index >= 15 is 0 Å². The van der Waals surface area contributed by atoms with Gasteiger partial charge in [0.25, 0.3) is 0 Å². The summed E-state index contributed by atoms with van der Waals surface area (Å²) in [5, 5.41) is 19.1. The van der Waals surface area contributed by atoms with Crippen LogP contribution in [0.5, 0.6) is 0 Å². The van der Waals surface area contributed by atoms with E-state index in [9.17, 15) is 13.2 Å². The Morgan fingerprint density at radius 2 is 1.96 bits per heavy atom. The minimum Gasteiger partial charge on any atom is -0.332 e. The third-order valence-corrected chi connectivity index (χ3v) is 5.58. The first-order chi connectivity index (χ1) is 12.8. The van der Waals surface area contributed by atoms with E-state index in [1.54, 1.807) is 12.1 Å². The summed E-state index contributed by atoms with van der Waals surface area (Å²) in [6.07, 6.45) is 4.31. The maximum Gasteiger partial charge on any atom is 0.315 e. The van der Waals surface area contributed by atoms with Gasteiger partial charge in [-0.3, -0.25) is 0 Å². The van der Waals surface area contributed by atoms with Crippen molar-refractivity contribution < 1.29 is 13.2 Å². The third-order valence-electron chi connectivity index (χ3n) is 4.65. The zero-order chi connectivity index (χ0) is 19.4. The fraction of sp³-hybridized carbons (Fsp3) is 0.471. The summed E-state index contributed by atoms with van der Waals surface area (Å²) in [6.45, 7) is 3.00. The molecule has 0 saturated heterocycles. The van der Waals surface area contributed by atoms with Crippen molar-refractivity contribution in [2.24, 2.45) is 5.14 Å². The number of nitrogens with two attached hydrogens (primary N) is 1. The fourth-order valence-electron chi connectivity index (χ4n) is 3.11. The zero-order valence-corrected chi connectivity index (χ0v) is 16.0. The lowest BCUT2D eigenvalue weighted by molar-refractivity contribution is 0.237. The third kappa shape index (κ3) is 4.83. The average molecular weight is 392 g/mol. The van der Waals surface area contributed by atoms with Gasteiger partial charge < -0.3 is 15.2 Å². The molecule has 1 aliphatic heterocycles. The van der Waals surface area contributed by atoms with Crippen LogP contribution in [0.2, 0.25) is 0 Å². The number of hydrogen-bond acceptors (Lipinski definition) is 5. The summed E-state index contributed by atoms with van der Waals surface area (Å²) in [5.74, 6) is 1.74. The highest BCUT2D eigenvalue weighted by Gasteiger charge is 2.16. The summed E-state index contributed by atoms with van der Waals surface area (Å²) in [7, 11) is -3.73. The number of fused-ring (bicyclic) bond motifs is 1. The molecule has 2 heterocycles. The van der Waals surface area contributed by atoms with E-state index in [1.807, 2.05) is 6.92 Å². The zero-order valence-electron chi connectivity index (χ0n) is 15.2. The van der Waals surface area contributed by atoms with E-state index in [4.69, 9.17) is 5.14 Å². The molecule has 1 aromatic heterocycles. The lowest BCUT2D eigenvalue weighted by Gasteiger charge is -2.15. The van der Waals surface area contributed by atoms with Gasteiger partial charge in [-0.2, -0.15) is 0 Å². The van der Waals surface area contributed by atoms with Crippen molar-refractivity contribution in [1.29, 1.82) is 0 Å². The van der Waals surface area contributed by atoms with Crippen LogP contribution >= 0.6 is 0 Å².